The molecule has 0 fully saturated rings. The first-order chi connectivity index (χ1) is 9.20. The Hall–Kier alpha value is -0.830. The molecule has 0 aliphatic rings. The molecule has 0 saturated heterocycles. The molecule has 0 amide bonds. The molecule has 0 saturated carbocycles. The highest BCUT2D eigenvalue weighted by Gasteiger charge is 2.14. The highest BCUT2D eigenvalue weighted by molar-refractivity contribution is 7.12. The number of thiophene rings is 1. The molecule has 2 aromatic rings. The van der Waals surface area contributed by atoms with Crippen LogP contribution in [0.25, 0.3) is 0 Å². The molecule has 1 heterocycles. The van der Waals surface area contributed by atoms with Crippen LogP contribution < -0.4 is 5.32 Å². The fourth-order valence-electron chi connectivity index (χ4n) is 2.12. The van der Waals surface area contributed by atoms with Crippen molar-refractivity contribution in [3.05, 3.63) is 56.7 Å². The van der Waals surface area contributed by atoms with E-state index in [9.17, 15) is 0 Å². The largest absolute Gasteiger partial charge is 0.309 e. The molecule has 1 atom stereocenters. The first-order valence-electron chi connectivity index (χ1n) is 6.74. The van der Waals surface area contributed by atoms with E-state index in [1.807, 2.05) is 23.5 Å². The van der Waals surface area contributed by atoms with Crippen LogP contribution in [-0.4, -0.2) is 6.54 Å². The zero-order chi connectivity index (χ0) is 13.7. The number of nitrogens with one attached hydrogen (secondary N) is 1. The molecule has 102 valence electrons. The standard InChI is InChI=1S/C16H20ClNS/c1-3-10-18-15(16-9-8-12(2)19-16)11-13-6-4-5-7-14(13)17/h4-9,15,18H,3,10-11H2,1-2H3. The van der Waals surface area contributed by atoms with Gasteiger partial charge in [0.15, 0.2) is 0 Å². The Kier molecular flexibility index (Phi) is 5.44. The summed E-state index contributed by atoms with van der Waals surface area (Å²) >= 11 is 8.14. The lowest BCUT2D eigenvalue weighted by Crippen LogP contribution is -2.23. The monoisotopic (exact) mass is 293 g/mol. The minimum absolute atomic E-state index is 0.360. The first kappa shape index (κ1) is 14.6. The zero-order valence-corrected chi connectivity index (χ0v) is 13.0. The van der Waals surface area contributed by atoms with Gasteiger partial charge in [0.25, 0.3) is 0 Å². The number of benzene rings is 1. The summed E-state index contributed by atoms with van der Waals surface area (Å²) in [5.41, 5.74) is 1.21. The van der Waals surface area contributed by atoms with Gasteiger partial charge in [0.2, 0.25) is 0 Å². The molecule has 2 rings (SSSR count). The summed E-state index contributed by atoms with van der Waals surface area (Å²) in [5, 5.41) is 4.49. The molecular formula is C16H20ClNS. The van der Waals surface area contributed by atoms with Gasteiger partial charge in [0, 0.05) is 20.8 Å². The number of aryl methyl sites for hydroxylation is 1. The van der Waals surface area contributed by atoms with Gasteiger partial charge >= 0.3 is 0 Å². The first-order valence-corrected chi connectivity index (χ1v) is 7.93. The molecular weight excluding hydrogens is 274 g/mol. The zero-order valence-electron chi connectivity index (χ0n) is 11.4. The molecule has 0 aliphatic carbocycles. The highest BCUT2D eigenvalue weighted by atomic mass is 35.5. The molecule has 3 heteroatoms. The summed E-state index contributed by atoms with van der Waals surface area (Å²) in [6.45, 7) is 5.38. The second-order valence-corrected chi connectivity index (χ2v) is 6.48. The Morgan fingerprint density at radius 3 is 2.63 bits per heavy atom. The van der Waals surface area contributed by atoms with Crippen molar-refractivity contribution in [2.75, 3.05) is 6.54 Å². The van der Waals surface area contributed by atoms with E-state index in [4.69, 9.17) is 11.6 Å². The minimum Gasteiger partial charge on any atom is -0.309 e. The molecule has 0 spiro atoms. The van der Waals surface area contributed by atoms with Crippen LogP contribution in [0.1, 0.15) is 34.7 Å². The molecule has 1 aromatic carbocycles. The molecule has 1 aromatic heterocycles. The SMILES string of the molecule is CCCNC(Cc1ccccc1Cl)c1ccc(C)s1. The van der Waals surface area contributed by atoms with Crippen molar-refractivity contribution in [3.63, 3.8) is 0 Å². The van der Waals surface area contributed by atoms with Crippen molar-refractivity contribution in [2.24, 2.45) is 0 Å². The molecule has 0 bridgehead atoms. The van der Waals surface area contributed by atoms with Crippen molar-refractivity contribution in [1.82, 2.24) is 5.32 Å². The Bertz CT molecular complexity index is 521. The maximum absolute atomic E-state index is 6.27. The Morgan fingerprint density at radius 1 is 1.21 bits per heavy atom. The Labute approximate surface area is 124 Å². The van der Waals surface area contributed by atoms with Crippen LogP contribution >= 0.6 is 22.9 Å². The van der Waals surface area contributed by atoms with E-state index in [1.54, 1.807) is 0 Å². The lowest BCUT2D eigenvalue weighted by molar-refractivity contribution is 0.536. The van der Waals surface area contributed by atoms with Crippen LogP contribution in [0.15, 0.2) is 36.4 Å². The molecule has 0 radical (unpaired) electrons. The van der Waals surface area contributed by atoms with Gasteiger partial charge in [-0.1, -0.05) is 36.7 Å². The number of rotatable bonds is 6. The maximum Gasteiger partial charge on any atom is 0.0456 e. The van der Waals surface area contributed by atoms with Crippen LogP contribution in [0.4, 0.5) is 0 Å². The molecule has 0 aliphatic heterocycles. The summed E-state index contributed by atoms with van der Waals surface area (Å²) in [5.74, 6) is 0. The smallest absolute Gasteiger partial charge is 0.0456 e. The fraction of sp³-hybridized carbons (Fsp3) is 0.375. The van der Waals surface area contributed by atoms with Crippen LogP contribution in [-0.2, 0) is 6.42 Å². The third-order valence-corrected chi connectivity index (χ3v) is 4.61. The van der Waals surface area contributed by atoms with Gasteiger partial charge in [-0.25, -0.2) is 0 Å². The summed E-state index contributed by atoms with van der Waals surface area (Å²) in [7, 11) is 0. The van der Waals surface area contributed by atoms with Crippen LogP contribution in [0, 0.1) is 6.92 Å². The van der Waals surface area contributed by atoms with Crippen molar-refractivity contribution < 1.29 is 0 Å². The normalized spacial score (nSPS) is 12.6. The average Bonchev–Trinajstić information content (AvgIpc) is 2.83. The van der Waals surface area contributed by atoms with E-state index in [1.165, 1.54) is 15.3 Å². The predicted octanol–water partition coefficient (Wildman–Crippen LogP) is 4.99. The van der Waals surface area contributed by atoms with E-state index in [2.05, 4.69) is 43.4 Å². The summed E-state index contributed by atoms with van der Waals surface area (Å²) < 4.78 is 0. The number of hydrogen-bond acceptors (Lipinski definition) is 2. The predicted molar refractivity (Wildman–Crippen MR) is 85.2 cm³/mol. The van der Waals surface area contributed by atoms with E-state index in [0.29, 0.717) is 6.04 Å². The van der Waals surface area contributed by atoms with Gasteiger partial charge < -0.3 is 5.32 Å². The van der Waals surface area contributed by atoms with E-state index >= 15 is 0 Å². The number of hydrogen-bond donors (Lipinski definition) is 1. The minimum atomic E-state index is 0.360. The average molecular weight is 294 g/mol. The van der Waals surface area contributed by atoms with Gasteiger partial charge in [-0.2, -0.15) is 0 Å². The van der Waals surface area contributed by atoms with Crippen LogP contribution in [0.2, 0.25) is 5.02 Å². The van der Waals surface area contributed by atoms with E-state index in [0.717, 1.165) is 24.4 Å². The van der Waals surface area contributed by atoms with E-state index < -0.39 is 0 Å². The molecule has 1 unspecified atom stereocenters. The van der Waals surface area contributed by atoms with Gasteiger partial charge in [0.1, 0.15) is 0 Å². The molecule has 1 nitrogen and oxygen atoms in total. The van der Waals surface area contributed by atoms with Crippen molar-refractivity contribution >= 4 is 22.9 Å². The maximum atomic E-state index is 6.27. The lowest BCUT2D eigenvalue weighted by Gasteiger charge is -2.18. The topological polar surface area (TPSA) is 12.0 Å². The quantitative estimate of drug-likeness (QED) is 0.791. The second kappa shape index (κ2) is 7.09. The Morgan fingerprint density at radius 2 is 2.00 bits per heavy atom. The van der Waals surface area contributed by atoms with Crippen molar-refractivity contribution in [3.8, 4) is 0 Å². The third-order valence-electron chi connectivity index (χ3n) is 3.13. The second-order valence-electron chi connectivity index (χ2n) is 4.75. The van der Waals surface area contributed by atoms with Crippen LogP contribution in [0.3, 0.4) is 0 Å². The third kappa shape index (κ3) is 4.07. The van der Waals surface area contributed by atoms with Gasteiger partial charge in [-0.05, 0) is 50.1 Å². The highest BCUT2D eigenvalue weighted by Crippen LogP contribution is 2.28. The van der Waals surface area contributed by atoms with Crippen molar-refractivity contribution in [2.45, 2.75) is 32.7 Å². The van der Waals surface area contributed by atoms with E-state index in [-0.39, 0.29) is 0 Å². The summed E-state index contributed by atoms with van der Waals surface area (Å²) in [6, 6.07) is 12.9. The van der Waals surface area contributed by atoms with Gasteiger partial charge in [-0.3, -0.25) is 0 Å². The van der Waals surface area contributed by atoms with Gasteiger partial charge in [-0.15, -0.1) is 11.3 Å². The van der Waals surface area contributed by atoms with Gasteiger partial charge in [0.05, 0.1) is 0 Å². The Balaban J connectivity index is 2.16. The van der Waals surface area contributed by atoms with Crippen molar-refractivity contribution in [1.29, 1.82) is 0 Å². The molecule has 19 heavy (non-hydrogen) atoms. The fourth-order valence-corrected chi connectivity index (χ4v) is 3.28. The number of halogens is 1. The summed E-state index contributed by atoms with van der Waals surface area (Å²) in [4.78, 5) is 2.75. The molecule has 1 N–H and O–H groups in total. The summed E-state index contributed by atoms with van der Waals surface area (Å²) in [6.07, 6.45) is 2.09. The lowest BCUT2D eigenvalue weighted by atomic mass is 10.0. The van der Waals surface area contributed by atoms with Crippen LogP contribution in [0.5, 0.6) is 0 Å².